The zero-order chi connectivity index (χ0) is 18.7. The maximum atomic E-state index is 5.84. The molecule has 3 aromatic rings. The summed E-state index contributed by atoms with van der Waals surface area (Å²) in [5.74, 6) is 1.57. The molecule has 140 valence electrons. The summed E-state index contributed by atoms with van der Waals surface area (Å²) in [7, 11) is 0. The molecule has 0 fully saturated rings. The minimum Gasteiger partial charge on any atom is -0.489 e. The van der Waals surface area contributed by atoms with Gasteiger partial charge in [0.25, 0.3) is 0 Å². The van der Waals surface area contributed by atoms with Crippen molar-refractivity contribution < 1.29 is 9.47 Å². The lowest BCUT2D eigenvalue weighted by Gasteiger charge is -2.09. The molecule has 0 spiro atoms. The highest BCUT2D eigenvalue weighted by Gasteiger charge is 1.98. The van der Waals surface area contributed by atoms with Crippen LogP contribution in [0, 0.1) is 6.92 Å². The molecule has 0 saturated heterocycles. The molecule has 3 rings (SSSR count). The Hall–Kier alpha value is -2.85. The fourth-order valence-corrected chi connectivity index (χ4v) is 2.59. The molecule has 1 heterocycles. The van der Waals surface area contributed by atoms with E-state index in [9.17, 15) is 0 Å². The van der Waals surface area contributed by atoms with Gasteiger partial charge in [-0.1, -0.05) is 48.0 Å². The van der Waals surface area contributed by atoms with Gasteiger partial charge < -0.3 is 14.8 Å². The second-order valence-corrected chi connectivity index (χ2v) is 6.46. The fourth-order valence-electron chi connectivity index (χ4n) is 2.59. The fraction of sp³-hybridized carbons (Fsp3) is 0.261. The third-order valence-electron chi connectivity index (χ3n) is 4.16. The molecule has 0 aliphatic carbocycles. The molecule has 4 nitrogen and oxygen atoms in total. The Morgan fingerprint density at radius 1 is 0.852 bits per heavy atom. The predicted molar refractivity (Wildman–Crippen MR) is 108 cm³/mol. The molecule has 4 heteroatoms. The van der Waals surface area contributed by atoms with Gasteiger partial charge in [-0.3, -0.25) is 0 Å². The lowest BCUT2D eigenvalue weighted by atomic mass is 10.2. The maximum absolute atomic E-state index is 5.84. The van der Waals surface area contributed by atoms with Crippen molar-refractivity contribution in [3.8, 4) is 11.6 Å². The summed E-state index contributed by atoms with van der Waals surface area (Å²) in [6.07, 6.45) is 2.68. The van der Waals surface area contributed by atoms with Crippen molar-refractivity contribution in [1.82, 2.24) is 10.3 Å². The molecule has 0 unspecified atom stereocenters. The van der Waals surface area contributed by atoms with Gasteiger partial charge >= 0.3 is 0 Å². The molecule has 0 aliphatic heterocycles. The average Bonchev–Trinajstić information content (AvgIpc) is 2.72. The van der Waals surface area contributed by atoms with E-state index in [2.05, 4.69) is 53.6 Å². The van der Waals surface area contributed by atoms with E-state index in [1.165, 1.54) is 16.7 Å². The van der Waals surface area contributed by atoms with Gasteiger partial charge in [0.05, 0.1) is 6.61 Å². The molecule has 0 amide bonds. The second kappa shape index (κ2) is 10.3. The summed E-state index contributed by atoms with van der Waals surface area (Å²) in [4.78, 5) is 4.14. The summed E-state index contributed by atoms with van der Waals surface area (Å²) in [6.45, 7) is 5.08. The lowest BCUT2D eigenvalue weighted by molar-refractivity contribution is 0.296. The molecule has 0 saturated carbocycles. The first-order chi connectivity index (χ1) is 13.3. The highest BCUT2D eigenvalue weighted by molar-refractivity contribution is 5.28. The molecule has 1 N–H and O–H groups in total. The van der Waals surface area contributed by atoms with Crippen LogP contribution in [0.1, 0.15) is 23.1 Å². The Morgan fingerprint density at radius 3 is 2.37 bits per heavy atom. The van der Waals surface area contributed by atoms with Gasteiger partial charge in [0, 0.05) is 18.8 Å². The largest absolute Gasteiger partial charge is 0.489 e. The second-order valence-electron chi connectivity index (χ2n) is 6.46. The van der Waals surface area contributed by atoms with Crippen molar-refractivity contribution in [1.29, 1.82) is 0 Å². The molecule has 0 bridgehead atoms. The van der Waals surface area contributed by atoms with Gasteiger partial charge in [-0.2, -0.15) is 0 Å². The summed E-state index contributed by atoms with van der Waals surface area (Å²) >= 11 is 0. The number of benzene rings is 2. The van der Waals surface area contributed by atoms with E-state index in [4.69, 9.17) is 9.47 Å². The van der Waals surface area contributed by atoms with Crippen LogP contribution in [0.15, 0.2) is 72.9 Å². The number of aromatic nitrogens is 1. The highest BCUT2D eigenvalue weighted by Crippen LogP contribution is 2.14. The number of hydrogen-bond acceptors (Lipinski definition) is 4. The van der Waals surface area contributed by atoms with Crippen LogP contribution in [0.4, 0.5) is 0 Å². The Kier molecular flexibility index (Phi) is 7.25. The van der Waals surface area contributed by atoms with Crippen molar-refractivity contribution in [3.05, 3.63) is 89.6 Å². The zero-order valence-electron chi connectivity index (χ0n) is 15.7. The van der Waals surface area contributed by atoms with Crippen LogP contribution < -0.4 is 14.8 Å². The van der Waals surface area contributed by atoms with Gasteiger partial charge in [-0.05, 0) is 49.2 Å². The number of nitrogens with zero attached hydrogens (tertiary/aromatic N) is 1. The monoisotopic (exact) mass is 362 g/mol. The minimum absolute atomic E-state index is 0.591. The minimum atomic E-state index is 0.591. The Labute approximate surface area is 161 Å². The molecule has 0 radical (unpaired) electrons. The average molecular weight is 362 g/mol. The first-order valence-corrected chi connectivity index (χ1v) is 9.31. The lowest BCUT2D eigenvalue weighted by Crippen LogP contribution is -2.17. The number of hydrogen-bond donors (Lipinski definition) is 1. The van der Waals surface area contributed by atoms with Crippen molar-refractivity contribution in [2.24, 2.45) is 0 Å². The summed E-state index contributed by atoms with van der Waals surface area (Å²) in [5.41, 5.74) is 3.68. The Bertz CT molecular complexity index is 787. The van der Waals surface area contributed by atoms with E-state index in [-0.39, 0.29) is 0 Å². The third-order valence-corrected chi connectivity index (χ3v) is 4.16. The highest BCUT2D eigenvalue weighted by atomic mass is 16.5. The maximum Gasteiger partial charge on any atom is 0.213 e. The van der Waals surface area contributed by atoms with Crippen LogP contribution in [0.3, 0.4) is 0 Å². The van der Waals surface area contributed by atoms with Gasteiger partial charge in [-0.15, -0.1) is 0 Å². The number of nitrogens with one attached hydrogen (secondary N) is 1. The smallest absolute Gasteiger partial charge is 0.213 e. The first kappa shape index (κ1) is 18.9. The van der Waals surface area contributed by atoms with Crippen LogP contribution in [0.5, 0.6) is 11.6 Å². The standard InChI is InChI=1S/C23H26N2O2/c1-19-6-8-21(9-7-19)18-27-22-12-10-20(11-13-22)17-24-14-4-16-26-23-5-2-3-15-25-23/h2-3,5-13,15,24H,4,14,16-18H2,1H3. The molecular formula is C23H26N2O2. The van der Waals surface area contributed by atoms with Crippen LogP contribution in [0.25, 0.3) is 0 Å². The number of rotatable bonds is 10. The first-order valence-electron chi connectivity index (χ1n) is 9.31. The molecule has 2 aromatic carbocycles. The van der Waals surface area contributed by atoms with Crippen LogP contribution >= 0.6 is 0 Å². The summed E-state index contributed by atoms with van der Waals surface area (Å²) < 4.78 is 11.4. The van der Waals surface area contributed by atoms with Crippen LogP contribution in [-0.2, 0) is 13.2 Å². The van der Waals surface area contributed by atoms with Gasteiger partial charge in [0.15, 0.2) is 0 Å². The number of pyridine rings is 1. The summed E-state index contributed by atoms with van der Waals surface area (Å²) in [6, 6.07) is 22.3. The quantitative estimate of drug-likeness (QED) is 0.538. The SMILES string of the molecule is Cc1ccc(COc2ccc(CNCCCOc3ccccn3)cc2)cc1. The van der Waals surface area contributed by atoms with E-state index in [1.54, 1.807) is 6.20 Å². The van der Waals surface area contributed by atoms with E-state index >= 15 is 0 Å². The van der Waals surface area contributed by atoms with Gasteiger partial charge in [0.2, 0.25) is 5.88 Å². The van der Waals surface area contributed by atoms with E-state index in [0.717, 1.165) is 25.3 Å². The Balaban J connectivity index is 1.31. The van der Waals surface area contributed by atoms with E-state index in [1.807, 2.05) is 30.3 Å². The molecular weight excluding hydrogens is 336 g/mol. The van der Waals surface area contributed by atoms with E-state index in [0.29, 0.717) is 19.1 Å². The van der Waals surface area contributed by atoms with Gasteiger partial charge in [-0.25, -0.2) is 4.98 Å². The predicted octanol–water partition coefficient (Wildman–Crippen LogP) is 4.53. The topological polar surface area (TPSA) is 43.4 Å². The van der Waals surface area contributed by atoms with Crippen molar-refractivity contribution in [2.75, 3.05) is 13.2 Å². The van der Waals surface area contributed by atoms with E-state index < -0.39 is 0 Å². The summed E-state index contributed by atoms with van der Waals surface area (Å²) in [5, 5.41) is 3.43. The van der Waals surface area contributed by atoms with Crippen molar-refractivity contribution >= 4 is 0 Å². The van der Waals surface area contributed by atoms with Crippen molar-refractivity contribution in [3.63, 3.8) is 0 Å². The Morgan fingerprint density at radius 2 is 1.63 bits per heavy atom. The normalized spacial score (nSPS) is 10.6. The number of aryl methyl sites for hydroxylation is 1. The van der Waals surface area contributed by atoms with Gasteiger partial charge in [0.1, 0.15) is 12.4 Å². The number of ether oxygens (including phenoxy) is 2. The van der Waals surface area contributed by atoms with Crippen LogP contribution in [-0.4, -0.2) is 18.1 Å². The molecule has 0 aliphatic rings. The van der Waals surface area contributed by atoms with Crippen LogP contribution in [0.2, 0.25) is 0 Å². The molecule has 1 aromatic heterocycles. The molecule has 27 heavy (non-hydrogen) atoms. The third kappa shape index (κ3) is 6.76. The van der Waals surface area contributed by atoms with Crippen molar-refractivity contribution in [2.45, 2.75) is 26.5 Å². The molecule has 0 atom stereocenters. The zero-order valence-corrected chi connectivity index (χ0v) is 15.7.